The van der Waals surface area contributed by atoms with Crippen molar-refractivity contribution in [3.8, 4) is 0 Å². The number of carbonyl (C=O) groups excluding carboxylic acids is 1. The van der Waals surface area contributed by atoms with E-state index >= 15 is 0 Å². The zero-order valence-electron chi connectivity index (χ0n) is 18.0. The molecule has 0 saturated carbocycles. The van der Waals surface area contributed by atoms with Crippen LogP contribution < -0.4 is 11.2 Å². The van der Waals surface area contributed by atoms with Gasteiger partial charge in [-0.2, -0.15) is 5.10 Å². The van der Waals surface area contributed by atoms with Gasteiger partial charge in [-0.3, -0.25) is 9.59 Å². The van der Waals surface area contributed by atoms with Crippen LogP contribution in [0, 0.1) is 6.92 Å². The summed E-state index contributed by atoms with van der Waals surface area (Å²) in [5.41, 5.74) is 2.94. The number of hydrogen-bond acceptors (Lipinski definition) is 6. The molecule has 1 atom stereocenters. The van der Waals surface area contributed by atoms with E-state index in [1.807, 2.05) is 31.2 Å². The average Bonchev–Trinajstić information content (AvgIpc) is 2.72. The molecule has 1 unspecified atom stereocenters. The van der Waals surface area contributed by atoms with Crippen LogP contribution in [0.5, 0.6) is 0 Å². The molecule has 0 spiro atoms. The first-order chi connectivity index (χ1) is 15.2. The molecule has 0 aromatic heterocycles. The van der Waals surface area contributed by atoms with Gasteiger partial charge in [-0.25, -0.2) is 8.42 Å². The van der Waals surface area contributed by atoms with Gasteiger partial charge in [0.1, 0.15) is 0 Å². The fourth-order valence-electron chi connectivity index (χ4n) is 3.24. The first-order valence-electron chi connectivity index (χ1n) is 10.3. The number of sulfone groups is 1. The number of unbranched alkanes of at least 4 members (excludes halogenated alkanes) is 1. The lowest BCUT2D eigenvalue weighted by Crippen LogP contribution is -2.41. The van der Waals surface area contributed by atoms with Gasteiger partial charge in [0.05, 0.1) is 29.3 Å². The number of hydrazone groups is 1. The van der Waals surface area contributed by atoms with Gasteiger partial charge in [-0.05, 0) is 49.4 Å². The summed E-state index contributed by atoms with van der Waals surface area (Å²) < 4.78 is 25.3. The molecular weight excluding hydrogens is 430 g/mol. The van der Waals surface area contributed by atoms with Crippen molar-refractivity contribution < 1.29 is 23.1 Å². The van der Waals surface area contributed by atoms with E-state index < -0.39 is 34.0 Å². The standard InChI is InChI=1S/C23H29N3O5S/c1-17-6-12-21(13-7-17)32(30,31)16-20(14-23(28)29)26-22(27)5-3-2-4-18-8-10-19(11-9-18)15-25-24/h6-13,15,20H,2-5,14,16,24H2,1H3,(H,26,27)(H,28,29). The molecule has 0 aliphatic heterocycles. The number of benzene rings is 2. The number of carboxylic acids is 1. The normalized spacial score (nSPS) is 12.5. The van der Waals surface area contributed by atoms with Gasteiger partial charge in [0.2, 0.25) is 5.91 Å². The minimum atomic E-state index is -3.73. The van der Waals surface area contributed by atoms with Crippen molar-refractivity contribution in [2.75, 3.05) is 5.75 Å². The van der Waals surface area contributed by atoms with Gasteiger partial charge in [-0.15, -0.1) is 0 Å². The molecule has 2 aromatic rings. The van der Waals surface area contributed by atoms with Crippen LogP contribution in [0.15, 0.2) is 58.5 Å². The molecule has 1 amide bonds. The van der Waals surface area contributed by atoms with Crippen LogP contribution in [-0.4, -0.2) is 43.4 Å². The number of rotatable bonds is 12. The number of carboxylic acid groups (broad SMARTS) is 1. The number of nitrogens with two attached hydrogens (primary N) is 1. The molecule has 172 valence electrons. The number of aryl methyl sites for hydroxylation is 2. The third kappa shape index (κ3) is 8.50. The Balaban J connectivity index is 1.86. The summed E-state index contributed by atoms with van der Waals surface area (Å²) in [6, 6.07) is 13.1. The van der Waals surface area contributed by atoms with Crippen LogP contribution in [0.3, 0.4) is 0 Å². The van der Waals surface area contributed by atoms with E-state index in [0.717, 1.165) is 29.5 Å². The van der Waals surface area contributed by atoms with Gasteiger partial charge < -0.3 is 16.3 Å². The van der Waals surface area contributed by atoms with Crippen LogP contribution >= 0.6 is 0 Å². The Hall–Kier alpha value is -3.20. The molecule has 0 aliphatic rings. The van der Waals surface area contributed by atoms with E-state index in [0.29, 0.717) is 6.42 Å². The first-order valence-corrected chi connectivity index (χ1v) is 12.0. The van der Waals surface area contributed by atoms with Gasteiger partial charge in [0.25, 0.3) is 0 Å². The predicted octanol–water partition coefficient (Wildman–Crippen LogP) is 2.43. The summed E-state index contributed by atoms with van der Waals surface area (Å²) in [6.07, 6.45) is 3.44. The Morgan fingerprint density at radius 3 is 2.34 bits per heavy atom. The second-order valence-corrected chi connectivity index (χ2v) is 9.72. The molecule has 2 rings (SSSR count). The molecule has 4 N–H and O–H groups in total. The van der Waals surface area contributed by atoms with Crippen molar-refractivity contribution in [1.29, 1.82) is 0 Å². The van der Waals surface area contributed by atoms with E-state index in [-0.39, 0.29) is 17.2 Å². The van der Waals surface area contributed by atoms with Gasteiger partial charge >= 0.3 is 5.97 Å². The van der Waals surface area contributed by atoms with Crippen molar-refractivity contribution in [3.63, 3.8) is 0 Å². The molecule has 9 heteroatoms. The minimum absolute atomic E-state index is 0.108. The highest BCUT2D eigenvalue weighted by molar-refractivity contribution is 7.91. The fourth-order valence-corrected chi connectivity index (χ4v) is 4.71. The van der Waals surface area contributed by atoms with Crippen molar-refractivity contribution in [2.24, 2.45) is 10.9 Å². The highest BCUT2D eigenvalue weighted by Gasteiger charge is 2.24. The number of nitrogens with one attached hydrogen (secondary N) is 1. The monoisotopic (exact) mass is 459 g/mol. The third-order valence-corrected chi connectivity index (χ3v) is 6.74. The molecule has 0 fully saturated rings. The Labute approximate surface area is 188 Å². The Morgan fingerprint density at radius 1 is 1.09 bits per heavy atom. The lowest BCUT2D eigenvalue weighted by molar-refractivity contribution is -0.137. The molecule has 0 radical (unpaired) electrons. The third-order valence-electron chi connectivity index (χ3n) is 4.91. The van der Waals surface area contributed by atoms with Crippen molar-refractivity contribution in [3.05, 3.63) is 65.2 Å². The van der Waals surface area contributed by atoms with Crippen molar-refractivity contribution >= 4 is 27.9 Å². The summed E-state index contributed by atoms with van der Waals surface area (Å²) in [6.45, 7) is 1.84. The predicted molar refractivity (Wildman–Crippen MR) is 123 cm³/mol. The topological polar surface area (TPSA) is 139 Å². The second kappa shape index (κ2) is 12.0. The molecule has 0 aliphatic carbocycles. The second-order valence-electron chi connectivity index (χ2n) is 7.68. The molecule has 0 saturated heterocycles. The quantitative estimate of drug-likeness (QED) is 0.193. The van der Waals surface area contributed by atoms with Crippen molar-refractivity contribution in [2.45, 2.75) is 50.0 Å². The maximum atomic E-state index is 12.6. The maximum absolute atomic E-state index is 12.6. The van der Waals surface area contributed by atoms with Crippen LogP contribution in [0.4, 0.5) is 0 Å². The fraction of sp³-hybridized carbons (Fsp3) is 0.348. The zero-order chi connectivity index (χ0) is 23.6. The lowest BCUT2D eigenvalue weighted by Gasteiger charge is -2.17. The van der Waals surface area contributed by atoms with Crippen LogP contribution in [0.1, 0.15) is 42.4 Å². The SMILES string of the molecule is Cc1ccc(S(=O)(=O)CC(CC(=O)O)NC(=O)CCCCc2ccc(C=NN)cc2)cc1. The van der Waals surface area contributed by atoms with E-state index in [1.165, 1.54) is 12.1 Å². The molecule has 2 aromatic carbocycles. The van der Waals surface area contributed by atoms with Crippen LogP contribution in [-0.2, 0) is 25.8 Å². The number of aliphatic carboxylic acids is 1. The summed E-state index contributed by atoms with van der Waals surface area (Å²) in [4.78, 5) is 23.6. The number of carbonyl (C=O) groups is 2. The molecule has 0 heterocycles. The smallest absolute Gasteiger partial charge is 0.305 e. The first kappa shape index (κ1) is 25.1. The van der Waals surface area contributed by atoms with Gasteiger partial charge in [0, 0.05) is 6.42 Å². The average molecular weight is 460 g/mol. The number of amides is 1. The summed E-state index contributed by atoms with van der Waals surface area (Å²) in [5, 5.41) is 15.2. The Morgan fingerprint density at radius 2 is 1.75 bits per heavy atom. The van der Waals surface area contributed by atoms with Gasteiger partial charge in [-0.1, -0.05) is 42.0 Å². The summed E-state index contributed by atoms with van der Waals surface area (Å²) >= 11 is 0. The number of nitrogens with zero attached hydrogens (tertiary/aromatic N) is 1. The maximum Gasteiger partial charge on any atom is 0.305 e. The van der Waals surface area contributed by atoms with E-state index in [9.17, 15) is 18.0 Å². The molecule has 32 heavy (non-hydrogen) atoms. The van der Waals surface area contributed by atoms with Gasteiger partial charge in [0.15, 0.2) is 9.84 Å². The number of hydrogen-bond donors (Lipinski definition) is 3. The van der Waals surface area contributed by atoms with Crippen LogP contribution in [0.25, 0.3) is 0 Å². The molecule has 8 nitrogen and oxygen atoms in total. The Kier molecular flexibility index (Phi) is 9.39. The van der Waals surface area contributed by atoms with Crippen molar-refractivity contribution in [1.82, 2.24) is 5.32 Å². The van der Waals surface area contributed by atoms with E-state index in [1.54, 1.807) is 18.3 Å². The van der Waals surface area contributed by atoms with Crippen LogP contribution in [0.2, 0.25) is 0 Å². The summed E-state index contributed by atoms with van der Waals surface area (Å²) in [5.74, 6) is 3.13. The largest absolute Gasteiger partial charge is 0.481 e. The lowest BCUT2D eigenvalue weighted by atomic mass is 10.1. The highest BCUT2D eigenvalue weighted by Crippen LogP contribution is 2.15. The van der Waals surface area contributed by atoms with E-state index in [4.69, 9.17) is 10.9 Å². The highest BCUT2D eigenvalue weighted by atomic mass is 32.2. The zero-order valence-corrected chi connectivity index (χ0v) is 18.8. The van der Waals surface area contributed by atoms with E-state index in [2.05, 4.69) is 10.4 Å². The molecule has 0 bridgehead atoms. The Bertz CT molecular complexity index is 1030. The molecular formula is C23H29N3O5S. The minimum Gasteiger partial charge on any atom is -0.481 e. The summed E-state index contributed by atoms with van der Waals surface area (Å²) in [7, 11) is -3.73.